The first-order valence-corrected chi connectivity index (χ1v) is 7.61. The molecule has 2 N–H and O–H groups in total. The molecule has 2 rings (SSSR count). The highest BCUT2D eigenvalue weighted by atomic mass is 19.1. The van der Waals surface area contributed by atoms with Crippen LogP contribution in [0.5, 0.6) is 0 Å². The molecule has 1 amide bonds. The van der Waals surface area contributed by atoms with Crippen molar-refractivity contribution in [3.8, 4) is 0 Å². The standard InChI is InChI=1S/C16H24FN3O/c1-20(15-4-2-3-5-15)11-10-18-12-16(21)19-14-8-6-13(17)7-9-14/h6-9,15,18H,2-5,10-12H2,1H3,(H,19,21). The number of likely N-dealkylation sites (N-methyl/N-ethyl adjacent to an activating group) is 1. The molecule has 0 heterocycles. The SMILES string of the molecule is CN(CCNCC(=O)Nc1ccc(F)cc1)C1CCCC1. The molecule has 0 bridgehead atoms. The van der Waals surface area contributed by atoms with E-state index in [4.69, 9.17) is 0 Å². The molecule has 1 aliphatic rings. The van der Waals surface area contributed by atoms with Crippen molar-refractivity contribution in [1.82, 2.24) is 10.2 Å². The van der Waals surface area contributed by atoms with Crippen molar-refractivity contribution in [2.45, 2.75) is 31.7 Å². The summed E-state index contributed by atoms with van der Waals surface area (Å²) in [5, 5.41) is 5.87. The van der Waals surface area contributed by atoms with E-state index in [1.54, 1.807) is 12.1 Å². The Morgan fingerprint density at radius 3 is 2.62 bits per heavy atom. The lowest BCUT2D eigenvalue weighted by Gasteiger charge is -2.23. The van der Waals surface area contributed by atoms with E-state index in [1.165, 1.54) is 37.8 Å². The molecular weight excluding hydrogens is 269 g/mol. The summed E-state index contributed by atoms with van der Waals surface area (Å²) in [6.45, 7) is 2.02. The van der Waals surface area contributed by atoms with E-state index >= 15 is 0 Å². The van der Waals surface area contributed by atoms with Crippen LogP contribution in [0.2, 0.25) is 0 Å². The average Bonchev–Trinajstić information content (AvgIpc) is 3.00. The molecule has 0 saturated heterocycles. The van der Waals surface area contributed by atoms with Gasteiger partial charge in [0.1, 0.15) is 5.82 Å². The van der Waals surface area contributed by atoms with Gasteiger partial charge in [0, 0.05) is 24.8 Å². The van der Waals surface area contributed by atoms with E-state index < -0.39 is 0 Å². The zero-order valence-electron chi connectivity index (χ0n) is 12.6. The molecule has 0 aromatic heterocycles. The minimum Gasteiger partial charge on any atom is -0.325 e. The zero-order valence-corrected chi connectivity index (χ0v) is 12.6. The monoisotopic (exact) mass is 293 g/mol. The Morgan fingerprint density at radius 2 is 1.95 bits per heavy atom. The summed E-state index contributed by atoms with van der Waals surface area (Å²) in [6, 6.07) is 6.49. The highest BCUT2D eigenvalue weighted by Gasteiger charge is 2.18. The third kappa shape index (κ3) is 5.44. The van der Waals surface area contributed by atoms with E-state index in [9.17, 15) is 9.18 Å². The second-order valence-corrected chi connectivity index (χ2v) is 5.65. The molecule has 0 radical (unpaired) electrons. The Hall–Kier alpha value is -1.46. The van der Waals surface area contributed by atoms with Crippen molar-refractivity contribution in [1.29, 1.82) is 0 Å². The fourth-order valence-corrected chi connectivity index (χ4v) is 2.72. The smallest absolute Gasteiger partial charge is 0.238 e. The summed E-state index contributed by atoms with van der Waals surface area (Å²) >= 11 is 0. The molecular formula is C16H24FN3O. The van der Waals surface area contributed by atoms with Gasteiger partial charge < -0.3 is 15.5 Å². The van der Waals surface area contributed by atoms with Crippen LogP contribution in [0.4, 0.5) is 10.1 Å². The number of rotatable bonds is 7. The normalized spacial score (nSPS) is 15.6. The molecule has 1 aromatic carbocycles. The van der Waals surface area contributed by atoms with E-state index in [0.29, 0.717) is 11.7 Å². The Labute approximate surface area is 125 Å². The van der Waals surface area contributed by atoms with Gasteiger partial charge in [0.2, 0.25) is 5.91 Å². The van der Waals surface area contributed by atoms with E-state index in [0.717, 1.165) is 13.1 Å². The van der Waals surface area contributed by atoms with Crippen molar-refractivity contribution in [2.75, 3.05) is 32.0 Å². The van der Waals surface area contributed by atoms with Crippen LogP contribution in [-0.2, 0) is 4.79 Å². The summed E-state index contributed by atoms with van der Waals surface area (Å²) in [7, 11) is 2.15. The lowest BCUT2D eigenvalue weighted by atomic mass is 10.2. The van der Waals surface area contributed by atoms with Gasteiger partial charge in [0.05, 0.1) is 6.54 Å². The first-order chi connectivity index (χ1) is 10.1. The van der Waals surface area contributed by atoms with Crippen molar-refractivity contribution in [2.24, 2.45) is 0 Å². The number of halogens is 1. The third-order valence-electron chi connectivity index (χ3n) is 4.00. The van der Waals surface area contributed by atoms with Crippen LogP contribution in [0, 0.1) is 5.82 Å². The largest absolute Gasteiger partial charge is 0.325 e. The fourth-order valence-electron chi connectivity index (χ4n) is 2.72. The van der Waals surface area contributed by atoms with Crippen LogP contribution < -0.4 is 10.6 Å². The Bertz CT molecular complexity index is 443. The summed E-state index contributed by atoms with van der Waals surface area (Å²) < 4.78 is 12.7. The molecule has 116 valence electrons. The molecule has 5 heteroatoms. The number of carbonyl (C=O) groups is 1. The maximum absolute atomic E-state index is 12.7. The molecule has 21 heavy (non-hydrogen) atoms. The molecule has 1 aliphatic carbocycles. The molecule has 1 aromatic rings. The summed E-state index contributed by atoms with van der Waals surface area (Å²) in [5.41, 5.74) is 0.617. The first kappa shape index (κ1) is 15.9. The van der Waals surface area contributed by atoms with Gasteiger partial charge in [0.25, 0.3) is 0 Å². The van der Waals surface area contributed by atoms with Gasteiger partial charge in [-0.05, 0) is 44.2 Å². The summed E-state index contributed by atoms with van der Waals surface area (Å²) in [6.07, 6.45) is 5.26. The van der Waals surface area contributed by atoms with Gasteiger partial charge in [0.15, 0.2) is 0 Å². The number of nitrogens with zero attached hydrogens (tertiary/aromatic N) is 1. The van der Waals surface area contributed by atoms with Gasteiger partial charge in [-0.15, -0.1) is 0 Å². The predicted molar refractivity (Wildman–Crippen MR) is 82.8 cm³/mol. The number of carbonyl (C=O) groups excluding carboxylic acids is 1. The predicted octanol–water partition coefficient (Wildman–Crippen LogP) is 2.23. The lowest BCUT2D eigenvalue weighted by Crippen LogP contribution is -2.37. The molecule has 1 fully saturated rings. The van der Waals surface area contributed by atoms with Crippen LogP contribution in [0.1, 0.15) is 25.7 Å². The molecule has 0 spiro atoms. The third-order valence-corrected chi connectivity index (χ3v) is 4.00. The molecule has 0 unspecified atom stereocenters. The number of hydrogen-bond acceptors (Lipinski definition) is 3. The van der Waals surface area contributed by atoms with E-state index in [-0.39, 0.29) is 18.3 Å². The lowest BCUT2D eigenvalue weighted by molar-refractivity contribution is -0.115. The van der Waals surface area contributed by atoms with Crippen LogP contribution >= 0.6 is 0 Å². The first-order valence-electron chi connectivity index (χ1n) is 7.61. The van der Waals surface area contributed by atoms with Gasteiger partial charge in [-0.25, -0.2) is 4.39 Å². The minimum absolute atomic E-state index is 0.106. The number of nitrogens with one attached hydrogen (secondary N) is 2. The van der Waals surface area contributed by atoms with E-state index in [2.05, 4.69) is 22.6 Å². The second kappa shape index (κ2) is 8.10. The highest BCUT2D eigenvalue weighted by molar-refractivity contribution is 5.92. The average molecular weight is 293 g/mol. The number of anilines is 1. The Balaban J connectivity index is 1.59. The van der Waals surface area contributed by atoms with Gasteiger partial charge in [-0.2, -0.15) is 0 Å². The topological polar surface area (TPSA) is 44.4 Å². The van der Waals surface area contributed by atoms with Crippen LogP contribution in [0.25, 0.3) is 0 Å². The Morgan fingerprint density at radius 1 is 1.29 bits per heavy atom. The van der Waals surface area contributed by atoms with Crippen LogP contribution in [0.3, 0.4) is 0 Å². The van der Waals surface area contributed by atoms with Gasteiger partial charge >= 0.3 is 0 Å². The maximum atomic E-state index is 12.7. The molecule has 0 aliphatic heterocycles. The molecule has 1 saturated carbocycles. The van der Waals surface area contributed by atoms with Crippen molar-refractivity contribution >= 4 is 11.6 Å². The zero-order chi connectivity index (χ0) is 15.1. The summed E-state index contributed by atoms with van der Waals surface area (Å²) in [4.78, 5) is 14.1. The van der Waals surface area contributed by atoms with E-state index in [1.807, 2.05) is 0 Å². The molecule has 0 atom stereocenters. The Kier molecular flexibility index (Phi) is 6.14. The number of amides is 1. The van der Waals surface area contributed by atoms with Gasteiger partial charge in [-0.3, -0.25) is 4.79 Å². The fraction of sp³-hybridized carbons (Fsp3) is 0.562. The highest BCUT2D eigenvalue weighted by Crippen LogP contribution is 2.21. The van der Waals surface area contributed by atoms with Crippen LogP contribution in [-0.4, -0.2) is 43.5 Å². The quantitative estimate of drug-likeness (QED) is 0.758. The minimum atomic E-state index is -0.305. The van der Waals surface area contributed by atoms with Crippen molar-refractivity contribution < 1.29 is 9.18 Å². The second-order valence-electron chi connectivity index (χ2n) is 5.65. The van der Waals surface area contributed by atoms with Gasteiger partial charge in [-0.1, -0.05) is 12.8 Å². The van der Waals surface area contributed by atoms with Crippen molar-refractivity contribution in [3.63, 3.8) is 0 Å². The maximum Gasteiger partial charge on any atom is 0.238 e. The van der Waals surface area contributed by atoms with Crippen molar-refractivity contribution in [3.05, 3.63) is 30.1 Å². The summed E-state index contributed by atoms with van der Waals surface area (Å²) in [5.74, 6) is -0.411. The number of hydrogen-bond donors (Lipinski definition) is 2. The van der Waals surface area contributed by atoms with Crippen LogP contribution in [0.15, 0.2) is 24.3 Å². The number of benzene rings is 1. The molecule has 4 nitrogen and oxygen atoms in total.